The number of carbonyl (C=O) groups is 1. The van der Waals surface area contributed by atoms with E-state index in [1.165, 1.54) is 27.6 Å². The molecule has 2 nitrogen and oxygen atoms in total. The van der Waals surface area contributed by atoms with Gasteiger partial charge in [-0.05, 0) is 28.5 Å². The zero-order chi connectivity index (χ0) is 12.5. The number of carbonyl (C=O) groups excluding carboxylic acids is 1. The van der Waals surface area contributed by atoms with Crippen LogP contribution >= 0.6 is 34.9 Å². The number of hydrogen-bond acceptors (Lipinski definition) is 3. The highest BCUT2D eigenvalue weighted by molar-refractivity contribution is 8.02. The summed E-state index contributed by atoms with van der Waals surface area (Å²) in [5.74, 6) is 0.111. The number of amides is 1. The first-order chi connectivity index (χ1) is 8.74. The number of rotatable bonds is 2. The molecule has 0 spiro atoms. The van der Waals surface area contributed by atoms with Gasteiger partial charge in [-0.15, -0.1) is 11.3 Å². The molecule has 1 aromatic heterocycles. The molecule has 5 heteroatoms. The van der Waals surface area contributed by atoms with Crippen molar-refractivity contribution in [2.45, 2.75) is 13.0 Å². The van der Waals surface area contributed by atoms with Crippen LogP contribution in [0.2, 0.25) is 0 Å². The molecule has 18 heavy (non-hydrogen) atoms. The molecule has 1 aliphatic rings. The topological polar surface area (TPSA) is 20.3 Å². The van der Waals surface area contributed by atoms with Crippen molar-refractivity contribution in [3.63, 3.8) is 0 Å². The fraction of sp³-hybridized carbons (Fsp3) is 0.154. The van der Waals surface area contributed by atoms with Gasteiger partial charge in [-0.1, -0.05) is 29.8 Å². The molecule has 0 saturated heterocycles. The summed E-state index contributed by atoms with van der Waals surface area (Å²) >= 11 is 8.99. The van der Waals surface area contributed by atoms with E-state index in [1.54, 1.807) is 21.7 Å². The second kappa shape index (κ2) is 4.96. The SMILES string of the molecule is O=C1CC=C(Cl)SN1Cc1csc2ccccc12. The van der Waals surface area contributed by atoms with Crippen LogP contribution in [0.1, 0.15) is 12.0 Å². The van der Waals surface area contributed by atoms with Gasteiger partial charge in [0.1, 0.15) is 0 Å². The highest BCUT2D eigenvalue weighted by atomic mass is 35.5. The number of nitrogens with zero attached hydrogens (tertiary/aromatic N) is 1. The van der Waals surface area contributed by atoms with Crippen LogP contribution in [-0.2, 0) is 11.3 Å². The minimum atomic E-state index is 0.111. The Morgan fingerprint density at radius 3 is 3.06 bits per heavy atom. The Labute approximate surface area is 118 Å². The Morgan fingerprint density at radius 1 is 1.33 bits per heavy atom. The molecule has 0 atom stereocenters. The monoisotopic (exact) mass is 295 g/mol. The average Bonchev–Trinajstić information content (AvgIpc) is 2.78. The quantitative estimate of drug-likeness (QED) is 0.767. The van der Waals surface area contributed by atoms with Crippen LogP contribution in [0, 0.1) is 0 Å². The van der Waals surface area contributed by atoms with Gasteiger partial charge < -0.3 is 0 Å². The summed E-state index contributed by atoms with van der Waals surface area (Å²) in [5, 5.41) is 3.34. The molecule has 0 unspecified atom stereocenters. The van der Waals surface area contributed by atoms with Gasteiger partial charge in [0.15, 0.2) is 0 Å². The zero-order valence-corrected chi connectivity index (χ0v) is 11.8. The third kappa shape index (κ3) is 2.28. The fourth-order valence-corrected chi connectivity index (χ4v) is 3.92. The van der Waals surface area contributed by atoms with Crippen LogP contribution in [0.15, 0.2) is 40.1 Å². The standard InChI is InChI=1S/C13H10ClNOS2/c14-12-5-6-13(16)15(18-12)7-9-8-17-11-4-2-1-3-10(9)11/h1-5,8H,6-7H2. The van der Waals surface area contributed by atoms with Gasteiger partial charge in [0.05, 0.1) is 10.9 Å². The molecule has 1 aliphatic heterocycles. The summed E-state index contributed by atoms with van der Waals surface area (Å²) in [6.45, 7) is 0.609. The molecule has 0 radical (unpaired) electrons. The van der Waals surface area contributed by atoms with Crippen molar-refractivity contribution in [2.75, 3.05) is 0 Å². The summed E-state index contributed by atoms with van der Waals surface area (Å²) in [7, 11) is 0. The van der Waals surface area contributed by atoms with Crippen molar-refractivity contribution >= 4 is 50.9 Å². The number of benzene rings is 1. The summed E-state index contributed by atoms with van der Waals surface area (Å²) < 4.78 is 3.66. The van der Waals surface area contributed by atoms with E-state index in [4.69, 9.17) is 11.6 Å². The molecular formula is C13H10ClNOS2. The van der Waals surface area contributed by atoms with Gasteiger partial charge in [-0.25, -0.2) is 0 Å². The van der Waals surface area contributed by atoms with Crippen LogP contribution in [0.5, 0.6) is 0 Å². The minimum Gasteiger partial charge on any atom is -0.277 e. The maximum atomic E-state index is 11.8. The summed E-state index contributed by atoms with van der Waals surface area (Å²) in [4.78, 5) is 11.8. The smallest absolute Gasteiger partial charge is 0.236 e. The first-order valence-corrected chi connectivity index (χ1v) is 7.56. The van der Waals surface area contributed by atoms with Gasteiger partial charge in [0, 0.05) is 23.1 Å². The van der Waals surface area contributed by atoms with Crippen LogP contribution in [0.25, 0.3) is 10.1 Å². The Kier molecular flexibility index (Phi) is 3.33. The number of fused-ring (bicyclic) bond motifs is 1. The Balaban J connectivity index is 1.88. The lowest BCUT2D eigenvalue weighted by Gasteiger charge is -2.23. The molecule has 2 aromatic rings. The largest absolute Gasteiger partial charge is 0.277 e. The Bertz CT molecular complexity index is 635. The van der Waals surface area contributed by atoms with E-state index < -0.39 is 0 Å². The molecular weight excluding hydrogens is 286 g/mol. The van der Waals surface area contributed by atoms with Crippen molar-refractivity contribution in [3.8, 4) is 0 Å². The average molecular weight is 296 g/mol. The maximum absolute atomic E-state index is 11.8. The van der Waals surface area contributed by atoms with E-state index in [0.717, 1.165) is 0 Å². The first-order valence-electron chi connectivity index (χ1n) is 5.53. The van der Waals surface area contributed by atoms with Crippen molar-refractivity contribution in [2.24, 2.45) is 0 Å². The van der Waals surface area contributed by atoms with Gasteiger partial charge in [0.25, 0.3) is 0 Å². The van der Waals surface area contributed by atoms with Gasteiger partial charge >= 0.3 is 0 Å². The predicted octanol–water partition coefficient (Wildman–Crippen LogP) is 4.36. The zero-order valence-electron chi connectivity index (χ0n) is 9.43. The second-order valence-electron chi connectivity index (χ2n) is 3.99. The van der Waals surface area contributed by atoms with E-state index in [9.17, 15) is 4.79 Å². The van der Waals surface area contributed by atoms with Crippen molar-refractivity contribution in [1.82, 2.24) is 4.31 Å². The van der Waals surface area contributed by atoms with Crippen molar-refractivity contribution < 1.29 is 4.79 Å². The van der Waals surface area contributed by atoms with Crippen molar-refractivity contribution in [3.05, 3.63) is 45.6 Å². The molecule has 3 rings (SSSR count). The minimum absolute atomic E-state index is 0.111. The molecule has 0 saturated carbocycles. The Hall–Kier alpha value is -0.970. The molecule has 0 fully saturated rings. The van der Waals surface area contributed by atoms with Crippen LogP contribution in [0.3, 0.4) is 0 Å². The molecule has 1 amide bonds. The van der Waals surface area contributed by atoms with E-state index in [-0.39, 0.29) is 5.91 Å². The number of hydrogen-bond donors (Lipinski definition) is 0. The van der Waals surface area contributed by atoms with E-state index >= 15 is 0 Å². The van der Waals surface area contributed by atoms with Crippen molar-refractivity contribution in [1.29, 1.82) is 0 Å². The summed E-state index contributed by atoms with van der Waals surface area (Å²) in [5.41, 5.74) is 1.18. The lowest BCUT2D eigenvalue weighted by molar-refractivity contribution is -0.125. The van der Waals surface area contributed by atoms with E-state index in [2.05, 4.69) is 17.5 Å². The Morgan fingerprint density at radius 2 is 2.17 bits per heavy atom. The maximum Gasteiger partial charge on any atom is 0.236 e. The first kappa shape index (κ1) is 12.1. The molecule has 0 bridgehead atoms. The van der Waals surface area contributed by atoms with Gasteiger partial charge in [-0.2, -0.15) is 0 Å². The molecule has 92 valence electrons. The summed E-state index contributed by atoms with van der Waals surface area (Å²) in [6.07, 6.45) is 2.16. The third-order valence-electron chi connectivity index (χ3n) is 2.79. The normalized spacial score (nSPS) is 16.2. The predicted molar refractivity (Wildman–Crippen MR) is 78.5 cm³/mol. The van der Waals surface area contributed by atoms with Crippen LogP contribution in [-0.4, -0.2) is 10.2 Å². The lowest BCUT2D eigenvalue weighted by atomic mass is 10.2. The van der Waals surface area contributed by atoms with E-state index in [0.29, 0.717) is 17.3 Å². The van der Waals surface area contributed by atoms with E-state index in [1.807, 2.05) is 12.1 Å². The van der Waals surface area contributed by atoms with Crippen LogP contribution < -0.4 is 0 Å². The van der Waals surface area contributed by atoms with Gasteiger partial charge in [-0.3, -0.25) is 9.10 Å². The number of halogens is 1. The lowest BCUT2D eigenvalue weighted by Crippen LogP contribution is -2.25. The second-order valence-corrected chi connectivity index (χ2v) is 6.60. The molecule has 0 aliphatic carbocycles. The molecule has 2 heterocycles. The number of thiophene rings is 1. The summed E-state index contributed by atoms with van der Waals surface area (Å²) in [6, 6.07) is 8.25. The highest BCUT2D eigenvalue weighted by Gasteiger charge is 2.20. The van der Waals surface area contributed by atoms with Gasteiger partial charge in [0.2, 0.25) is 5.91 Å². The fourth-order valence-electron chi connectivity index (χ4n) is 1.89. The van der Waals surface area contributed by atoms with Crippen LogP contribution in [0.4, 0.5) is 0 Å². The third-order valence-corrected chi connectivity index (χ3v) is 5.06. The molecule has 1 aromatic carbocycles. The highest BCUT2D eigenvalue weighted by Crippen LogP contribution is 2.34. The molecule has 0 N–H and O–H groups in total.